The Kier molecular flexibility index (Phi) is 7.79. The van der Waals surface area contributed by atoms with E-state index in [1.165, 1.54) is 29.7 Å². The predicted octanol–water partition coefficient (Wildman–Crippen LogP) is 4.61. The zero-order chi connectivity index (χ0) is 26.3. The van der Waals surface area contributed by atoms with Gasteiger partial charge in [0.15, 0.2) is 5.13 Å². The third-order valence-electron chi connectivity index (χ3n) is 5.69. The number of nitrogens with two attached hydrogens (primary N) is 1. The van der Waals surface area contributed by atoms with Gasteiger partial charge < -0.3 is 9.80 Å². The number of primary sulfonamides is 1. The zero-order valence-electron chi connectivity index (χ0n) is 18.8. The Morgan fingerprint density at radius 1 is 1.14 bits per heavy atom. The summed E-state index contributed by atoms with van der Waals surface area (Å²) in [5.74, 6) is 0. The number of likely N-dealkylation sites (N-methyl/N-ethyl adjacent to an activating group) is 1. The first-order valence-electron chi connectivity index (χ1n) is 10.6. The normalized spacial score (nSPS) is 16.4. The Hall–Kier alpha value is -2.03. The maximum absolute atomic E-state index is 13.2. The second kappa shape index (κ2) is 10.4. The molecule has 3 heterocycles. The second-order valence-electron chi connectivity index (χ2n) is 8.28. The van der Waals surface area contributed by atoms with Crippen LogP contribution in [0, 0.1) is 0 Å². The van der Waals surface area contributed by atoms with Gasteiger partial charge in [0.2, 0.25) is 15.3 Å². The molecule has 4 rings (SSSR count). The Balaban J connectivity index is 1.87. The number of thiazole rings is 1. The average Bonchev–Trinajstić information content (AvgIpc) is 3.22. The molecule has 0 radical (unpaired) electrons. The fraction of sp³-hybridized carbons (Fsp3) is 0.381. The molecule has 1 aromatic carbocycles. The van der Waals surface area contributed by atoms with Gasteiger partial charge in [0.1, 0.15) is 5.25 Å². The van der Waals surface area contributed by atoms with E-state index in [1.54, 1.807) is 12.1 Å². The topological polar surface area (TPSA) is 105 Å². The van der Waals surface area contributed by atoms with E-state index >= 15 is 0 Å². The van der Waals surface area contributed by atoms with Gasteiger partial charge in [-0.15, -0.1) is 0 Å². The van der Waals surface area contributed by atoms with Crippen molar-refractivity contribution < 1.29 is 21.6 Å². The van der Waals surface area contributed by atoms with Crippen molar-refractivity contribution in [3.8, 4) is 21.8 Å². The summed E-state index contributed by atoms with van der Waals surface area (Å²) in [5, 5.41) is 3.61. The minimum atomic E-state index is -4.78. The van der Waals surface area contributed by atoms with Crippen LogP contribution >= 0.6 is 34.5 Å². The first-order chi connectivity index (χ1) is 16.8. The Labute approximate surface area is 219 Å². The van der Waals surface area contributed by atoms with Crippen LogP contribution in [-0.2, 0) is 10.0 Å². The highest BCUT2D eigenvalue weighted by Crippen LogP contribution is 2.45. The van der Waals surface area contributed by atoms with Gasteiger partial charge in [-0.3, -0.25) is 0 Å². The van der Waals surface area contributed by atoms with Gasteiger partial charge >= 0.3 is 6.18 Å². The maximum Gasteiger partial charge on any atom is 0.390 e. The molecule has 3 aromatic rings. The van der Waals surface area contributed by atoms with Gasteiger partial charge in [-0.1, -0.05) is 41.1 Å². The number of hydrogen-bond acceptors (Lipinski definition) is 8. The fourth-order valence-electron chi connectivity index (χ4n) is 3.85. The highest BCUT2D eigenvalue weighted by Gasteiger charge is 2.39. The number of sulfonamides is 1. The van der Waals surface area contributed by atoms with Crippen LogP contribution in [0.4, 0.5) is 18.3 Å². The molecule has 1 fully saturated rings. The van der Waals surface area contributed by atoms with Gasteiger partial charge in [-0.25, -0.2) is 28.5 Å². The van der Waals surface area contributed by atoms with Gasteiger partial charge in [0.05, 0.1) is 27.7 Å². The second-order valence-corrected chi connectivity index (χ2v) is 11.7. The molecule has 0 bridgehead atoms. The van der Waals surface area contributed by atoms with Gasteiger partial charge in [-0.2, -0.15) is 13.2 Å². The van der Waals surface area contributed by atoms with Gasteiger partial charge in [0, 0.05) is 37.9 Å². The molecular formula is C21H21Cl2F3N6O2S2. The maximum atomic E-state index is 13.2. The number of aromatic nitrogens is 3. The van der Waals surface area contributed by atoms with Crippen molar-refractivity contribution in [1.29, 1.82) is 0 Å². The van der Waals surface area contributed by atoms with Crippen LogP contribution in [0.2, 0.25) is 10.3 Å². The number of nitrogens with zero attached hydrogens (tertiary/aromatic N) is 5. The standard InChI is InChI=1S/C21H21Cl2F3N6O2S2/c1-31-7-9-32(10-8-31)20-30-17(18(35-20)14-5-6-28-19(23)29-14)13-4-2-3-12(16(13)22)15(36(27,33)34)11-21(24,25)26/h2-6,15H,7-11H2,1H3,(H2,27,33,34). The number of benzene rings is 1. The lowest BCUT2D eigenvalue weighted by molar-refractivity contribution is -0.134. The Morgan fingerprint density at radius 3 is 2.44 bits per heavy atom. The highest BCUT2D eigenvalue weighted by atomic mass is 35.5. The van der Waals surface area contributed by atoms with E-state index in [2.05, 4.69) is 19.8 Å². The molecule has 8 nitrogen and oxygen atoms in total. The molecule has 0 saturated carbocycles. The molecule has 194 valence electrons. The molecule has 1 aliphatic rings. The number of halogens is 5. The summed E-state index contributed by atoms with van der Waals surface area (Å²) in [7, 11) is -2.61. The Morgan fingerprint density at radius 2 is 1.83 bits per heavy atom. The molecule has 0 amide bonds. The molecule has 0 aliphatic carbocycles. The summed E-state index contributed by atoms with van der Waals surface area (Å²) in [5.41, 5.74) is 0.791. The predicted molar refractivity (Wildman–Crippen MR) is 135 cm³/mol. The zero-order valence-corrected chi connectivity index (χ0v) is 22.0. The quantitative estimate of drug-likeness (QED) is 0.424. The smallest absolute Gasteiger partial charge is 0.345 e. The average molecular weight is 581 g/mol. The summed E-state index contributed by atoms with van der Waals surface area (Å²) in [6.45, 7) is 3.10. The lowest BCUT2D eigenvalue weighted by Gasteiger charge is -2.32. The van der Waals surface area contributed by atoms with E-state index in [-0.39, 0.29) is 21.4 Å². The third-order valence-corrected chi connectivity index (χ3v) is 8.65. The van der Waals surface area contributed by atoms with E-state index in [0.29, 0.717) is 21.4 Å². The highest BCUT2D eigenvalue weighted by molar-refractivity contribution is 7.89. The molecule has 15 heteroatoms. The summed E-state index contributed by atoms with van der Waals surface area (Å²) in [6.07, 6.45) is -4.98. The van der Waals surface area contributed by atoms with Crippen LogP contribution < -0.4 is 10.0 Å². The monoisotopic (exact) mass is 580 g/mol. The van der Waals surface area contributed by atoms with Gasteiger partial charge in [0.25, 0.3) is 0 Å². The number of rotatable bonds is 6. The lowest BCUT2D eigenvalue weighted by atomic mass is 10.0. The summed E-state index contributed by atoms with van der Waals surface area (Å²) < 4.78 is 64.0. The van der Waals surface area contributed by atoms with Crippen LogP contribution in [-0.4, -0.2) is 67.7 Å². The minimum absolute atomic E-state index is 0.00677. The SMILES string of the molecule is CN1CCN(c2nc(-c3cccc(C(CC(F)(F)F)S(N)(=O)=O)c3Cl)c(-c3ccnc(Cl)n3)s2)CC1. The number of anilines is 1. The molecule has 36 heavy (non-hydrogen) atoms. The fourth-order valence-corrected chi connectivity index (χ4v) is 6.49. The summed E-state index contributed by atoms with van der Waals surface area (Å²) in [6, 6.07) is 5.85. The third kappa shape index (κ3) is 6.09. The lowest BCUT2D eigenvalue weighted by Crippen LogP contribution is -2.44. The van der Waals surface area contributed by atoms with E-state index in [9.17, 15) is 21.6 Å². The van der Waals surface area contributed by atoms with Gasteiger partial charge in [-0.05, 0) is 30.3 Å². The minimum Gasteiger partial charge on any atom is -0.345 e. The number of alkyl halides is 3. The Bertz CT molecular complexity index is 1360. The van der Waals surface area contributed by atoms with Crippen molar-refractivity contribution in [1.82, 2.24) is 19.9 Å². The molecule has 1 atom stereocenters. The van der Waals surface area contributed by atoms with Crippen LogP contribution in [0.5, 0.6) is 0 Å². The number of hydrogen-bond donors (Lipinski definition) is 1. The molecular weight excluding hydrogens is 560 g/mol. The molecule has 1 aliphatic heterocycles. The number of piperazine rings is 1. The first kappa shape index (κ1) is 27.0. The van der Waals surface area contributed by atoms with Crippen molar-refractivity contribution in [2.45, 2.75) is 17.8 Å². The van der Waals surface area contributed by atoms with E-state index in [4.69, 9.17) is 33.3 Å². The largest absolute Gasteiger partial charge is 0.390 e. The molecule has 1 unspecified atom stereocenters. The van der Waals surface area contributed by atoms with Crippen molar-refractivity contribution in [3.63, 3.8) is 0 Å². The van der Waals surface area contributed by atoms with Crippen molar-refractivity contribution in [2.24, 2.45) is 5.14 Å². The van der Waals surface area contributed by atoms with Crippen molar-refractivity contribution in [2.75, 3.05) is 38.1 Å². The molecule has 2 aromatic heterocycles. The first-order valence-corrected chi connectivity index (χ1v) is 13.8. The van der Waals surface area contributed by atoms with Crippen LogP contribution in [0.3, 0.4) is 0 Å². The molecule has 1 saturated heterocycles. The summed E-state index contributed by atoms with van der Waals surface area (Å²) >= 11 is 13.9. The van der Waals surface area contributed by atoms with Crippen LogP contribution in [0.25, 0.3) is 21.8 Å². The van der Waals surface area contributed by atoms with Crippen molar-refractivity contribution in [3.05, 3.63) is 46.3 Å². The molecule has 0 spiro atoms. The van der Waals surface area contributed by atoms with Crippen LogP contribution in [0.1, 0.15) is 17.2 Å². The van der Waals surface area contributed by atoms with E-state index in [0.717, 1.165) is 26.2 Å². The van der Waals surface area contributed by atoms with E-state index in [1.807, 2.05) is 7.05 Å². The van der Waals surface area contributed by atoms with E-state index < -0.39 is 27.9 Å². The van der Waals surface area contributed by atoms with Crippen LogP contribution in [0.15, 0.2) is 30.5 Å². The van der Waals surface area contributed by atoms with Crippen molar-refractivity contribution >= 4 is 49.7 Å². The summed E-state index contributed by atoms with van der Waals surface area (Å²) in [4.78, 5) is 17.8. The molecule has 2 N–H and O–H groups in total.